The molecule has 0 saturated carbocycles. The van der Waals surface area contributed by atoms with Crippen LogP contribution in [0.3, 0.4) is 0 Å². The predicted molar refractivity (Wildman–Crippen MR) is 95.0 cm³/mol. The van der Waals surface area contributed by atoms with E-state index in [2.05, 4.69) is 9.47 Å². The van der Waals surface area contributed by atoms with E-state index in [0.29, 0.717) is 19.3 Å². The van der Waals surface area contributed by atoms with Crippen LogP contribution in [0.15, 0.2) is 23.3 Å². The van der Waals surface area contributed by atoms with Gasteiger partial charge in [0, 0.05) is 13.2 Å². The van der Waals surface area contributed by atoms with Gasteiger partial charge in [-0.2, -0.15) is 13.2 Å². The molecule has 0 radical (unpaired) electrons. The second kappa shape index (κ2) is 11.1. The molecule has 156 valence electrons. The van der Waals surface area contributed by atoms with E-state index in [1.54, 1.807) is 13.8 Å². The number of hydrogen-bond donors (Lipinski definition) is 0. The van der Waals surface area contributed by atoms with Crippen molar-refractivity contribution in [1.82, 2.24) is 0 Å². The van der Waals surface area contributed by atoms with E-state index in [1.807, 2.05) is 19.9 Å². The summed E-state index contributed by atoms with van der Waals surface area (Å²) in [6, 6.07) is 0. The zero-order chi connectivity index (χ0) is 21.3. The first-order valence-corrected chi connectivity index (χ1v) is 8.57. The highest BCUT2D eigenvalue weighted by atomic mass is 19.4. The van der Waals surface area contributed by atoms with Gasteiger partial charge in [0.2, 0.25) is 0 Å². The number of allylic oxidation sites excluding steroid dienone is 3. The second-order valence-electron chi connectivity index (χ2n) is 6.84. The Labute approximate surface area is 158 Å². The van der Waals surface area contributed by atoms with E-state index < -0.39 is 29.8 Å². The Morgan fingerprint density at radius 3 is 2.11 bits per heavy atom. The van der Waals surface area contributed by atoms with Crippen molar-refractivity contribution in [2.45, 2.75) is 71.3 Å². The lowest BCUT2D eigenvalue weighted by molar-refractivity contribution is -0.215. The standard InChI is InChI=1S/C19H29F3O5/c1-13(8-7-9-14(2)12-16(23)25-5)10-11-15(18(3,4)26-6)27-17(24)19(20,21)22/h8,12,15H,7,9-11H2,1-6H3/b13-8+,14-12+. The maximum absolute atomic E-state index is 12.5. The van der Waals surface area contributed by atoms with Crippen LogP contribution in [0.2, 0.25) is 0 Å². The summed E-state index contributed by atoms with van der Waals surface area (Å²) in [7, 11) is 2.66. The Bertz CT molecular complexity index is 562. The predicted octanol–water partition coefficient (Wildman–Crippen LogP) is 4.51. The summed E-state index contributed by atoms with van der Waals surface area (Å²) < 4.78 is 51.9. The monoisotopic (exact) mass is 394 g/mol. The van der Waals surface area contributed by atoms with Crippen molar-refractivity contribution < 1.29 is 37.0 Å². The molecule has 0 N–H and O–H groups in total. The molecule has 0 aromatic carbocycles. The third kappa shape index (κ3) is 10.2. The molecule has 0 aromatic rings. The average molecular weight is 394 g/mol. The van der Waals surface area contributed by atoms with Crippen LogP contribution < -0.4 is 0 Å². The van der Waals surface area contributed by atoms with Gasteiger partial charge in [-0.3, -0.25) is 0 Å². The summed E-state index contributed by atoms with van der Waals surface area (Å²) in [4.78, 5) is 22.3. The van der Waals surface area contributed by atoms with Gasteiger partial charge < -0.3 is 14.2 Å². The largest absolute Gasteiger partial charge is 0.490 e. The Morgan fingerprint density at radius 2 is 1.63 bits per heavy atom. The SMILES string of the molecule is COC(=O)/C=C(\C)CC/C=C(\C)CCC(OC(=O)C(F)(F)F)C(C)(C)OC. The van der Waals surface area contributed by atoms with Crippen molar-refractivity contribution in [3.05, 3.63) is 23.3 Å². The summed E-state index contributed by atoms with van der Waals surface area (Å²) in [6.07, 6.45) is -0.760. The second-order valence-corrected chi connectivity index (χ2v) is 6.84. The number of methoxy groups -OCH3 is 2. The topological polar surface area (TPSA) is 61.8 Å². The minimum Gasteiger partial charge on any atom is -0.466 e. The molecular formula is C19H29F3O5. The Balaban J connectivity index is 4.79. The van der Waals surface area contributed by atoms with Crippen LogP contribution in [0.25, 0.3) is 0 Å². The van der Waals surface area contributed by atoms with Gasteiger partial charge in [0.25, 0.3) is 0 Å². The average Bonchev–Trinajstić information content (AvgIpc) is 2.56. The van der Waals surface area contributed by atoms with Gasteiger partial charge in [0.15, 0.2) is 0 Å². The van der Waals surface area contributed by atoms with E-state index in [4.69, 9.17) is 4.74 Å². The molecule has 5 nitrogen and oxygen atoms in total. The number of esters is 2. The van der Waals surface area contributed by atoms with Crippen molar-refractivity contribution in [2.24, 2.45) is 0 Å². The van der Waals surface area contributed by atoms with Gasteiger partial charge in [-0.15, -0.1) is 0 Å². The molecule has 0 bridgehead atoms. The molecule has 0 saturated heterocycles. The van der Waals surface area contributed by atoms with Crippen molar-refractivity contribution in [3.8, 4) is 0 Å². The van der Waals surface area contributed by atoms with E-state index in [-0.39, 0.29) is 6.42 Å². The first-order chi connectivity index (χ1) is 12.3. The van der Waals surface area contributed by atoms with Gasteiger partial charge in [0.1, 0.15) is 6.10 Å². The van der Waals surface area contributed by atoms with Crippen molar-refractivity contribution in [3.63, 3.8) is 0 Å². The van der Waals surface area contributed by atoms with Gasteiger partial charge in [-0.1, -0.05) is 17.2 Å². The zero-order valence-electron chi connectivity index (χ0n) is 16.7. The van der Waals surface area contributed by atoms with Crippen LogP contribution in [0, 0.1) is 0 Å². The summed E-state index contributed by atoms with van der Waals surface area (Å²) >= 11 is 0. The molecule has 0 aliphatic rings. The van der Waals surface area contributed by atoms with Crippen LogP contribution in [0.5, 0.6) is 0 Å². The van der Waals surface area contributed by atoms with Gasteiger partial charge in [-0.25, -0.2) is 9.59 Å². The van der Waals surface area contributed by atoms with Gasteiger partial charge in [0.05, 0.1) is 12.7 Å². The Morgan fingerprint density at radius 1 is 1.04 bits per heavy atom. The normalized spacial score (nSPS) is 14.7. The molecule has 0 aliphatic heterocycles. The molecule has 27 heavy (non-hydrogen) atoms. The number of carbonyl (C=O) groups is 2. The van der Waals surface area contributed by atoms with Crippen LogP contribution in [-0.2, 0) is 23.8 Å². The smallest absolute Gasteiger partial charge is 0.466 e. The number of halogens is 3. The van der Waals surface area contributed by atoms with E-state index in [0.717, 1.165) is 11.1 Å². The molecule has 0 aliphatic carbocycles. The first kappa shape index (κ1) is 25.2. The lowest BCUT2D eigenvalue weighted by Gasteiger charge is -2.32. The highest BCUT2D eigenvalue weighted by Gasteiger charge is 2.44. The number of rotatable bonds is 10. The van der Waals surface area contributed by atoms with Gasteiger partial charge >= 0.3 is 18.1 Å². The number of alkyl halides is 3. The Kier molecular flexibility index (Phi) is 10.4. The number of hydrogen-bond acceptors (Lipinski definition) is 5. The number of ether oxygens (including phenoxy) is 3. The fourth-order valence-corrected chi connectivity index (χ4v) is 2.22. The van der Waals surface area contributed by atoms with Crippen molar-refractivity contribution in [1.29, 1.82) is 0 Å². The zero-order valence-corrected chi connectivity index (χ0v) is 16.7. The summed E-state index contributed by atoms with van der Waals surface area (Å²) in [5.41, 5.74) is 0.755. The molecule has 0 rings (SSSR count). The molecule has 0 spiro atoms. The van der Waals surface area contributed by atoms with Crippen LogP contribution >= 0.6 is 0 Å². The Hall–Kier alpha value is -1.83. The summed E-state index contributed by atoms with van der Waals surface area (Å²) in [6.45, 7) is 6.80. The highest BCUT2D eigenvalue weighted by Crippen LogP contribution is 2.27. The minimum absolute atomic E-state index is 0.196. The third-order valence-electron chi connectivity index (χ3n) is 4.18. The third-order valence-corrected chi connectivity index (χ3v) is 4.18. The van der Waals surface area contributed by atoms with Crippen LogP contribution in [0.4, 0.5) is 13.2 Å². The minimum atomic E-state index is -5.05. The first-order valence-electron chi connectivity index (χ1n) is 8.57. The highest BCUT2D eigenvalue weighted by molar-refractivity contribution is 5.82. The quantitative estimate of drug-likeness (QED) is 0.310. The van der Waals surface area contributed by atoms with Crippen LogP contribution in [-0.4, -0.2) is 44.0 Å². The van der Waals surface area contributed by atoms with Crippen LogP contribution in [0.1, 0.15) is 53.4 Å². The van der Waals surface area contributed by atoms with E-state index in [9.17, 15) is 22.8 Å². The summed E-state index contributed by atoms with van der Waals surface area (Å²) in [5.74, 6) is -2.63. The number of carbonyl (C=O) groups excluding carboxylic acids is 2. The van der Waals surface area contributed by atoms with E-state index >= 15 is 0 Å². The van der Waals surface area contributed by atoms with Gasteiger partial charge in [-0.05, 0) is 53.4 Å². The molecular weight excluding hydrogens is 365 g/mol. The molecule has 1 unspecified atom stereocenters. The molecule has 0 aromatic heterocycles. The fourth-order valence-electron chi connectivity index (χ4n) is 2.22. The lowest BCUT2D eigenvalue weighted by Crippen LogP contribution is -2.44. The molecule has 0 amide bonds. The molecule has 0 heterocycles. The molecule has 0 fully saturated rings. The molecule has 8 heteroatoms. The summed E-state index contributed by atoms with van der Waals surface area (Å²) in [5, 5.41) is 0. The molecule has 1 atom stereocenters. The lowest BCUT2D eigenvalue weighted by atomic mass is 9.94. The maximum atomic E-state index is 12.5. The maximum Gasteiger partial charge on any atom is 0.490 e. The van der Waals surface area contributed by atoms with E-state index in [1.165, 1.54) is 20.3 Å². The van der Waals surface area contributed by atoms with Crippen molar-refractivity contribution in [2.75, 3.05) is 14.2 Å². The fraction of sp³-hybridized carbons (Fsp3) is 0.684. The van der Waals surface area contributed by atoms with Crippen molar-refractivity contribution >= 4 is 11.9 Å².